The molecule has 3 nitrogen and oxygen atoms in total. The number of aromatic nitrogens is 1. The number of hydrogen-bond donors (Lipinski definition) is 0. The number of halogens is 1. The lowest BCUT2D eigenvalue weighted by Crippen LogP contribution is -2.00. The summed E-state index contributed by atoms with van der Waals surface area (Å²) in [5.41, 5.74) is 5.50. The van der Waals surface area contributed by atoms with E-state index in [4.69, 9.17) is 4.74 Å². The maximum Gasteiger partial charge on any atom is 0.119 e. The minimum atomic E-state index is 0.677. The van der Waals surface area contributed by atoms with E-state index >= 15 is 0 Å². The van der Waals surface area contributed by atoms with Gasteiger partial charge in [-0.05, 0) is 79.2 Å². The van der Waals surface area contributed by atoms with Crippen LogP contribution >= 0.6 is 15.9 Å². The van der Waals surface area contributed by atoms with Gasteiger partial charge in [0.2, 0.25) is 0 Å². The second-order valence-electron chi connectivity index (χ2n) is 5.80. The molecule has 0 radical (unpaired) electrons. The molecule has 0 fully saturated rings. The van der Waals surface area contributed by atoms with E-state index in [0.29, 0.717) is 6.61 Å². The van der Waals surface area contributed by atoms with E-state index in [-0.39, 0.29) is 0 Å². The predicted molar refractivity (Wildman–Crippen MR) is 108 cm³/mol. The van der Waals surface area contributed by atoms with Gasteiger partial charge in [0.1, 0.15) is 5.75 Å². The smallest absolute Gasteiger partial charge is 0.119 e. The molecule has 0 atom stereocenters. The molecule has 0 aliphatic heterocycles. The summed E-state index contributed by atoms with van der Waals surface area (Å²) in [6, 6.07) is 18.3. The molecule has 25 heavy (non-hydrogen) atoms. The molecule has 3 rings (SSSR count). The molecule has 0 saturated heterocycles. The minimum Gasteiger partial charge on any atom is -0.494 e. The molecule has 0 saturated carbocycles. The van der Waals surface area contributed by atoms with Crippen molar-refractivity contribution in [3.63, 3.8) is 0 Å². The molecule has 1 aromatic heterocycles. The Labute approximate surface area is 157 Å². The lowest BCUT2D eigenvalue weighted by atomic mass is 10.2. The molecule has 0 amide bonds. The molecular formula is C21H21BrN2O. The van der Waals surface area contributed by atoms with Crippen LogP contribution in [0, 0.1) is 13.8 Å². The van der Waals surface area contributed by atoms with Crippen LogP contribution in [0.1, 0.15) is 23.9 Å². The minimum absolute atomic E-state index is 0.677. The maximum atomic E-state index is 5.53. The number of aryl methyl sites for hydroxylation is 1. The Balaban J connectivity index is 1.92. The summed E-state index contributed by atoms with van der Waals surface area (Å²) in [5.74, 6) is 0.893. The first-order chi connectivity index (χ1) is 12.1. The van der Waals surface area contributed by atoms with Crippen molar-refractivity contribution >= 4 is 27.8 Å². The number of benzene rings is 2. The summed E-state index contributed by atoms with van der Waals surface area (Å²) in [6.07, 6.45) is 1.92. The van der Waals surface area contributed by atoms with Gasteiger partial charge < -0.3 is 9.30 Å². The average molecular weight is 397 g/mol. The van der Waals surface area contributed by atoms with E-state index in [0.717, 1.165) is 32.9 Å². The van der Waals surface area contributed by atoms with Crippen molar-refractivity contribution in [1.29, 1.82) is 0 Å². The Hall–Kier alpha value is -2.33. The molecule has 0 aliphatic carbocycles. The third kappa shape index (κ3) is 3.85. The van der Waals surface area contributed by atoms with Crippen LogP contribution < -0.4 is 4.74 Å². The van der Waals surface area contributed by atoms with Gasteiger partial charge in [-0.3, -0.25) is 4.99 Å². The highest BCUT2D eigenvalue weighted by atomic mass is 79.9. The van der Waals surface area contributed by atoms with Crippen LogP contribution in [0.25, 0.3) is 5.69 Å². The molecular weight excluding hydrogens is 376 g/mol. The second kappa shape index (κ2) is 7.70. The quantitative estimate of drug-likeness (QED) is 0.485. The first-order valence-corrected chi connectivity index (χ1v) is 9.10. The first-order valence-electron chi connectivity index (χ1n) is 8.31. The van der Waals surface area contributed by atoms with Crippen molar-refractivity contribution in [3.05, 3.63) is 76.0 Å². The van der Waals surface area contributed by atoms with Crippen LogP contribution in [-0.2, 0) is 0 Å². The topological polar surface area (TPSA) is 26.5 Å². The summed E-state index contributed by atoms with van der Waals surface area (Å²) < 4.78 is 8.75. The van der Waals surface area contributed by atoms with Crippen LogP contribution in [-0.4, -0.2) is 17.4 Å². The van der Waals surface area contributed by atoms with Crippen LogP contribution in [0.2, 0.25) is 0 Å². The zero-order valence-electron chi connectivity index (χ0n) is 14.7. The highest BCUT2D eigenvalue weighted by molar-refractivity contribution is 9.10. The normalized spacial score (nSPS) is 11.2. The van der Waals surface area contributed by atoms with Crippen LogP contribution in [0.5, 0.6) is 5.75 Å². The van der Waals surface area contributed by atoms with Gasteiger partial charge in [0.15, 0.2) is 0 Å². The zero-order chi connectivity index (χ0) is 17.8. The standard InChI is InChI=1S/C21H21BrN2O/c1-4-25-19-11-9-18(10-12-19)24-15(2)13-17(16(24)3)14-23-21-8-6-5-7-20(21)22/h5-14H,4H2,1-3H3. The van der Waals surface area contributed by atoms with Crippen molar-refractivity contribution in [2.75, 3.05) is 6.61 Å². The fraction of sp³-hybridized carbons (Fsp3) is 0.190. The van der Waals surface area contributed by atoms with Crippen molar-refractivity contribution in [1.82, 2.24) is 4.57 Å². The molecule has 128 valence electrons. The van der Waals surface area contributed by atoms with Gasteiger partial charge in [0, 0.05) is 33.3 Å². The van der Waals surface area contributed by atoms with Gasteiger partial charge in [0.05, 0.1) is 12.3 Å². The molecule has 0 bridgehead atoms. The van der Waals surface area contributed by atoms with Gasteiger partial charge in [-0.15, -0.1) is 0 Å². The van der Waals surface area contributed by atoms with Crippen LogP contribution in [0.3, 0.4) is 0 Å². The summed E-state index contributed by atoms with van der Waals surface area (Å²) >= 11 is 3.53. The number of ether oxygens (including phenoxy) is 1. The lowest BCUT2D eigenvalue weighted by Gasteiger charge is -2.11. The molecule has 3 aromatic rings. The molecule has 0 unspecified atom stereocenters. The third-order valence-electron chi connectivity index (χ3n) is 4.07. The van der Waals surface area contributed by atoms with E-state index in [1.54, 1.807) is 0 Å². The highest BCUT2D eigenvalue weighted by Gasteiger charge is 2.09. The van der Waals surface area contributed by atoms with Crippen molar-refractivity contribution in [3.8, 4) is 11.4 Å². The Morgan fingerprint density at radius 2 is 1.80 bits per heavy atom. The fourth-order valence-corrected chi connectivity index (χ4v) is 3.26. The maximum absolute atomic E-state index is 5.53. The van der Waals surface area contributed by atoms with Gasteiger partial charge in [-0.25, -0.2) is 0 Å². The Morgan fingerprint density at radius 1 is 1.08 bits per heavy atom. The van der Waals surface area contributed by atoms with E-state index < -0.39 is 0 Å². The molecule has 0 spiro atoms. The SMILES string of the molecule is CCOc1ccc(-n2c(C)cc(C=Nc3ccccc3Br)c2C)cc1. The van der Waals surface area contributed by atoms with Gasteiger partial charge in [0.25, 0.3) is 0 Å². The van der Waals surface area contributed by atoms with E-state index in [1.165, 1.54) is 5.69 Å². The van der Waals surface area contributed by atoms with Crippen LogP contribution in [0.4, 0.5) is 5.69 Å². The number of rotatable bonds is 5. The fourth-order valence-electron chi connectivity index (χ4n) is 2.87. The average Bonchev–Trinajstić information content (AvgIpc) is 2.89. The zero-order valence-corrected chi connectivity index (χ0v) is 16.2. The highest BCUT2D eigenvalue weighted by Crippen LogP contribution is 2.26. The molecule has 0 N–H and O–H groups in total. The summed E-state index contributed by atoms with van der Waals surface area (Å²) in [7, 11) is 0. The summed E-state index contributed by atoms with van der Waals surface area (Å²) in [5, 5.41) is 0. The molecule has 0 aliphatic rings. The Kier molecular flexibility index (Phi) is 5.39. The Bertz CT molecular complexity index is 895. The molecule has 1 heterocycles. The monoisotopic (exact) mass is 396 g/mol. The van der Waals surface area contributed by atoms with Crippen molar-refractivity contribution in [2.24, 2.45) is 4.99 Å². The van der Waals surface area contributed by atoms with E-state index in [1.807, 2.05) is 49.5 Å². The number of nitrogens with zero attached hydrogens (tertiary/aromatic N) is 2. The van der Waals surface area contributed by atoms with Gasteiger partial charge >= 0.3 is 0 Å². The lowest BCUT2D eigenvalue weighted by molar-refractivity contribution is 0.340. The largest absolute Gasteiger partial charge is 0.494 e. The van der Waals surface area contributed by atoms with E-state index in [2.05, 4.69) is 57.5 Å². The third-order valence-corrected chi connectivity index (χ3v) is 4.74. The van der Waals surface area contributed by atoms with Crippen molar-refractivity contribution in [2.45, 2.75) is 20.8 Å². The number of aliphatic imine (C=N–C) groups is 1. The molecule has 2 aromatic carbocycles. The predicted octanol–water partition coefficient (Wildman–Crippen LogP) is 6.01. The first kappa shape index (κ1) is 17.5. The summed E-state index contributed by atoms with van der Waals surface area (Å²) in [6.45, 7) is 6.89. The van der Waals surface area contributed by atoms with Gasteiger partial charge in [-0.2, -0.15) is 0 Å². The Morgan fingerprint density at radius 3 is 2.48 bits per heavy atom. The second-order valence-corrected chi connectivity index (χ2v) is 6.65. The van der Waals surface area contributed by atoms with Crippen LogP contribution in [0.15, 0.2) is 64.1 Å². The number of hydrogen-bond acceptors (Lipinski definition) is 2. The van der Waals surface area contributed by atoms with Gasteiger partial charge in [-0.1, -0.05) is 12.1 Å². The number of para-hydroxylation sites is 1. The molecule has 4 heteroatoms. The summed E-state index contributed by atoms with van der Waals surface area (Å²) in [4.78, 5) is 4.62. The van der Waals surface area contributed by atoms with Crippen molar-refractivity contribution < 1.29 is 4.74 Å². The van der Waals surface area contributed by atoms with E-state index in [9.17, 15) is 0 Å².